The van der Waals surface area contributed by atoms with E-state index in [1.54, 1.807) is 0 Å². The summed E-state index contributed by atoms with van der Waals surface area (Å²) in [5, 5.41) is 14.1. The highest BCUT2D eigenvalue weighted by Gasteiger charge is 2.28. The average molecular weight is 945 g/mol. The van der Waals surface area contributed by atoms with Crippen LogP contribution >= 0.6 is 7.82 Å². The van der Waals surface area contributed by atoms with Crippen LogP contribution in [0.2, 0.25) is 0 Å². The van der Waals surface area contributed by atoms with Crippen molar-refractivity contribution in [1.82, 2.24) is 5.32 Å². The van der Waals surface area contributed by atoms with Gasteiger partial charge in [0.2, 0.25) is 5.91 Å². The van der Waals surface area contributed by atoms with Crippen LogP contribution in [0.15, 0.2) is 0 Å². The number of amides is 1. The summed E-state index contributed by atoms with van der Waals surface area (Å²) in [6.07, 6.45) is 57.2. The van der Waals surface area contributed by atoms with Gasteiger partial charge in [0.1, 0.15) is 13.2 Å². The molecule has 0 rings (SSSR count). The third-order valence-corrected chi connectivity index (χ3v) is 14.6. The third kappa shape index (κ3) is 51.2. The highest BCUT2D eigenvalue weighted by Crippen LogP contribution is 2.43. The first-order valence-electron chi connectivity index (χ1n) is 28.9. The molecule has 65 heavy (non-hydrogen) atoms. The molecule has 1 amide bonds. The number of aliphatic hydroxyl groups excluding tert-OH is 1. The SMILES string of the molecule is CCCCCCCCCCCCCCCCCCCCCCCCC(O)C(COP(=O)(O)OCC[N+](C)(C)C)NC(=O)CCCCCCCCCCCCCCCCCCCCCCC. The Hall–Kier alpha value is -0.500. The Morgan fingerprint density at radius 1 is 0.462 bits per heavy atom. The number of unbranched alkanes of at least 4 members (excludes halogenated alkanes) is 41. The average Bonchev–Trinajstić information content (AvgIpc) is 3.26. The second-order valence-corrected chi connectivity index (χ2v) is 22.8. The Morgan fingerprint density at radius 3 is 1.03 bits per heavy atom. The molecule has 0 saturated heterocycles. The van der Waals surface area contributed by atoms with E-state index in [9.17, 15) is 19.4 Å². The van der Waals surface area contributed by atoms with Crippen molar-refractivity contribution in [2.45, 2.75) is 315 Å². The Balaban J connectivity index is 4.13. The van der Waals surface area contributed by atoms with Crippen LogP contribution in [0.5, 0.6) is 0 Å². The predicted molar refractivity (Wildman–Crippen MR) is 282 cm³/mol. The van der Waals surface area contributed by atoms with Crippen molar-refractivity contribution in [1.29, 1.82) is 0 Å². The fourth-order valence-electron chi connectivity index (χ4n) is 9.05. The number of hydrogen-bond donors (Lipinski definition) is 3. The number of hydrogen-bond acceptors (Lipinski definition) is 5. The molecule has 0 aliphatic carbocycles. The van der Waals surface area contributed by atoms with Crippen LogP contribution in [-0.2, 0) is 18.4 Å². The normalized spacial score (nSPS) is 13.9. The molecule has 3 atom stereocenters. The number of nitrogens with zero attached hydrogens (tertiary/aromatic N) is 1. The van der Waals surface area contributed by atoms with E-state index in [4.69, 9.17) is 9.05 Å². The summed E-state index contributed by atoms with van der Waals surface area (Å²) in [5.41, 5.74) is 0. The van der Waals surface area contributed by atoms with Crippen LogP contribution in [0.25, 0.3) is 0 Å². The van der Waals surface area contributed by atoms with Crippen LogP contribution in [0.1, 0.15) is 303 Å². The zero-order chi connectivity index (χ0) is 47.8. The van der Waals surface area contributed by atoms with E-state index >= 15 is 0 Å². The second-order valence-electron chi connectivity index (χ2n) is 21.4. The summed E-state index contributed by atoms with van der Waals surface area (Å²) in [6, 6.07) is -0.755. The maximum absolute atomic E-state index is 13.0. The summed E-state index contributed by atoms with van der Waals surface area (Å²) >= 11 is 0. The van der Waals surface area contributed by atoms with Crippen LogP contribution in [0, 0.1) is 0 Å². The number of likely N-dealkylation sites (N-methyl/N-ethyl adjacent to an activating group) is 1. The zero-order valence-electron chi connectivity index (χ0n) is 44.5. The Kier molecular flexibility index (Phi) is 48.1. The smallest absolute Gasteiger partial charge is 0.391 e. The Morgan fingerprint density at radius 2 is 0.738 bits per heavy atom. The number of quaternary nitrogens is 1. The number of phosphoric acid groups is 1. The van der Waals surface area contributed by atoms with Gasteiger partial charge in [-0.05, 0) is 12.8 Å². The topological polar surface area (TPSA) is 105 Å². The molecule has 3 N–H and O–H groups in total. The molecule has 0 aromatic carbocycles. The minimum atomic E-state index is -4.32. The molecule has 390 valence electrons. The standard InChI is InChI=1S/C56H115N2O6P/c1-6-8-10-12-14-16-18-20-22-24-26-28-30-31-33-35-37-39-41-43-45-47-49-55(59)54(53-64-65(61,62)63-52-51-58(3,4)5)57-56(60)50-48-46-44-42-40-38-36-34-32-29-27-25-23-21-19-17-15-13-11-9-7-2/h54-55,59H,6-53H2,1-5H3,(H-,57,60,61,62)/p+1. The van der Waals surface area contributed by atoms with E-state index < -0.39 is 20.0 Å². The van der Waals surface area contributed by atoms with Gasteiger partial charge in [-0.1, -0.05) is 284 Å². The largest absolute Gasteiger partial charge is 0.472 e. The Labute approximate surface area is 406 Å². The maximum atomic E-state index is 13.0. The van der Waals surface area contributed by atoms with Crippen LogP contribution in [0.3, 0.4) is 0 Å². The number of phosphoric ester groups is 1. The van der Waals surface area contributed by atoms with Crippen molar-refractivity contribution >= 4 is 13.7 Å². The molecular weight excluding hydrogens is 828 g/mol. The molecular formula is C56H116N2O6P+. The molecule has 0 aromatic rings. The predicted octanol–water partition coefficient (Wildman–Crippen LogP) is 17.3. The lowest BCUT2D eigenvalue weighted by molar-refractivity contribution is -0.870. The molecule has 8 nitrogen and oxygen atoms in total. The molecule has 0 aliphatic rings. The zero-order valence-corrected chi connectivity index (χ0v) is 45.4. The van der Waals surface area contributed by atoms with Gasteiger partial charge in [0.05, 0.1) is 39.9 Å². The van der Waals surface area contributed by atoms with E-state index in [2.05, 4.69) is 19.2 Å². The fraction of sp³-hybridized carbons (Fsp3) is 0.982. The summed E-state index contributed by atoms with van der Waals surface area (Å²) < 4.78 is 23.8. The highest BCUT2D eigenvalue weighted by molar-refractivity contribution is 7.47. The lowest BCUT2D eigenvalue weighted by atomic mass is 10.0. The van der Waals surface area contributed by atoms with Crippen molar-refractivity contribution in [3.8, 4) is 0 Å². The lowest BCUT2D eigenvalue weighted by Crippen LogP contribution is -2.46. The van der Waals surface area contributed by atoms with Crippen LogP contribution in [-0.4, -0.2) is 73.4 Å². The summed E-state index contributed by atoms with van der Waals surface area (Å²) in [5.74, 6) is -0.136. The first kappa shape index (κ1) is 64.5. The summed E-state index contributed by atoms with van der Waals surface area (Å²) in [7, 11) is 1.64. The van der Waals surface area contributed by atoms with Gasteiger partial charge in [-0.25, -0.2) is 4.57 Å². The van der Waals surface area contributed by atoms with Gasteiger partial charge >= 0.3 is 7.82 Å². The minimum absolute atomic E-state index is 0.0792. The minimum Gasteiger partial charge on any atom is -0.391 e. The van der Waals surface area contributed by atoms with Gasteiger partial charge in [-0.3, -0.25) is 13.8 Å². The monoisotopic (exact) mass is 944 g/mol. The van der Waals surface area contributed by atoms with E-state index in [0.29, 0.717) is 23.9 Å². The number of aliphatic hydroxyl groups is 1. The molecule has 0 radical (unpaired) electrons. The maximum Gasteiger partial charge on any atom is 0.472 e. The fourth-order valence-corrected chi connectivity index (χ4v) is 9.79. The first-order valence-corrected chi connectivity index (χ1v) is 30.4. The lowest BCUT2D eigenvalue weighted by Gasteiger charge is -2.26. The molecule has 3 unspecified atom stereocenters. The molecule has 0 saturated carbocycles. The van der Waals surface area contributed by atoms with E-state index in [0.717, 1.165) is 38.5 Å². The van der Waals surface area contributed by atoms with Crippen molar-refractivity contribution in [3.63, 3.8) is 0 Å². The van der Waals surface area contributed by atoms with E-state index in [1.165, 1.54) is 238 Å². The van der Waals surface area contributed by atoms with Crippen molar-refractivity contribution in [3.05, 3.63) is 0 Å². The summed E-state index contributed by atoms with van der Waals surface area (Å²) in [4.78, 5) is 23.3. The number of carbonyl (C=O) groups excluding carboxylic acids is 1. The van der Waals surface area contributed by atoms with Crippen molar-refractivity contribution in [2.75, 3.05) is 40.9 Å². The number of nitrogens with one attached hydrogen (secondary N) is 1. The number of rotatable bonds is 54. The van der Waals surface area contributed by atoms with E-state index in [-0.39, 0.29) is 19.1 Å². The molecule has 9 heteroatoms. The highest BCUT2D eigenvalue weighted by atomic mass is 31.2. The van der Waals surface area contributed by atoms with Crippen molar-refractivity contribution in [2.24, 2.45) is 0 Å². The van der Waals surface area contributed by atoms with Crippen LogP contribution in [0.4, 0.5) is 0 Å². The van der Waals surface area contributed by atoms with E-state index in [1.807, 2.05) is 21.1 Å². The van der Waals surface area contributed by atoms with Gasteiger partial charge in [-0.2, -0.15) is 0 Å². The molecule has 0 fully saturated rings. The molecule has 0 spiro atoms. The molecule has 0 aliphatic heterocycles. The Bertz CT molecular complexity index is 1030. The second kappa shape index (κ2) is 48.5. The summed E-state index contributed by atoms with van der Waals surface area (Å²) in [6.45, 7) is 4.95. The molecule has 0 bridgehead atoms. The van der Waals surface area contributed by atoms with Gasteiger partial charge in [0, 0.05) is 6.42 Å². The van der Waals surface area contributed by atoms with Gasteiger partial charge in [-0.15, -0.1) is 0 Å². The van der Waals surface area contributed by atoms with Crippen molar-refractivity contribution < 1.29 is 32.9 Å². The third-order valence-electron chi connectivity index (χ3n) is 13.6. The van der Waals surface area contributed by atoms with Gasteiger partial charge in [0.15, 0.2) is 0 Å². The molecule has 0 heterocycles. The first-order chi connectivity index (χ1) is 31.5. The molecule has 0 aromatic heterocycles. The van der Waals surface area contributed by atoms with Gasteiger partial charge in [0.25, 0.3) is 0 Å². The van der Waals surface area contributed by atoms with Gasteiger partial charge < -0.3 is 19.8 Å². The quantitative estimate of drug-likeness (QED) is 0.0319. The number of carbonyl (C=O) groups is 1. The van der Waals surface area contributed by atoms with Crippen LogP contribution < -0.4 is 5.32 Å².